The molecule has 0 saturated carbocycles. The molecule has 2 aliphatic rings. The summed E-state index contributed by atoms with van der Waals surface area (Å²) in [6, 6.07) is 33.9. The first-order valence-electron chi connectivity index (χ1n) is 23.0. The first-order valence-corrected chi connectivity index (χ1v) is 23.0. The van der Waals surface area contributed by atoms with Gasteiger partial charge < -0.3 is 9.80 Å². The summed E-state index contributed by atoms with van der Waals surface area (Å²) >= 11 is 0. The third-order valence-corrected chi connectivity index (χ3v) is 13.4. The molecule has 0 N–H and O–H groups in total. The molecular formula is C57H70BN5. The van der Waals surface area contributed by atoms with Crippen molar-refractivity contribution < 1.29 is 0 Å². The van der Waals surface area contributed by atoms with Crippen LogP contribution in [0.4, 0.5) is 34.1 Å². The fourth-order valence-corrected chi connectivity index (χ4v) is 9.22. The van der Waals surface area contributed by atoms with E-state index in [1.807, 2.05) is 0 Å². The number of anilines is 6. The van der Waals surface area contributed by atoms with Gasteiger partial charge in [-0.1, -0.05) is 161 Å². The van der Waals surface area contributed by atoms with Crippen LogP contribution in [0.15, 0.2) is 97.6 Å². The fourth-order valence-electron chi connectivity index (χ4n) is 9.22. The average molecular weight is 836 g/mol. The summed E-state index contributed by atoms with van der Waals surface area (Å²) in [6.45, 7) is 41.9. The SMILES string of the molecule is CC(C)(C)c1cc(N2c3ccc(C(C)(C)C)cc3B3c4cc(C(C)(C)C)ccc4N(c4cc(C(C)(C)C)cc(C(C)(C)C)c4)c4cc(-c5ncncn5)cc2c43)cc(C(C)(C)C)c1. The van der Waals surface area contributed by atoms with Gasteiger partial charge in [0.1, 0.15) is 12.7 Å². The van der Waals surface area contributed by atoms with E-state index >= 15 is 0 Å². The fraction of sp³-hybridized carbons (Fsp3) is 0.421. The van der Waals surface area contributed by atoms with E-state index in [2.05, 4.69) is 224 Å². The second-order valence-corrected chi connectivity index (χ2v) is 24.6. The van der Waals surface area contributed by atoms with Crippen LogP contribution in [0, 0.1) is 0 Å². The second-order valence-electron chi connectivity index (χ2n) is 24.6. The zero-order valence-corrected chi connectivity index (χ0v) is 41.6. The van der Waals surface area contributed by atoms with E-state index in [4.69, 9.17) is 9.97 Å². The largest absolute Gasteiger partial charge is 0.311 e. The number of aromatic nitrogens is 3. The lowest BCUT2D eigenvalue weighted by molar-refractivity contribution is 0.568. The van der Waals surface area contributed by atoms with E-state index in [1.54, 1.807) is 12.7 Å². The van der Waals surface area contributed by atoms with Crippen LogP contribution in [-0.2, 0) is 32.5 Å². The van der Waals surface area contributed by atoms with E-state index in [-0.39, 0.29) is 39.2 Å². The van der Waals surface area contributed by atoms with E-state index < -0.39 is 0 Å². The maximum absolute atomic E-state index is 4.80. The Morgan fingerprint density at radius 3 is 1.02 bits per heavy atom. The lowest BCUT2D eigenvalue weighted by Crippen LogP contribution is -2.61. The van der Waals surface area contributed by atoms with Gasteiger partial charge in [0.2, 0.25) is 0 Å². The number of benzene rings is 5. The molecule has 2 aliphatic heterocycles. The molecule has 6 heteroatoms. The molecule has 0 aliphatic carbocycles. The van der Waals surface area contributed by atoms with Crippen LogP contribution in [0.1, 0.15) is 158 Å². The monoisotopic (exact) mass is 836 g/mol. The maximum atomic E-state index is 4.80. The van der Waals surface area contributed by atoms with Crippen LogP contribution >= 0.6 is 0 Å². The molecule has 5 nitrogen and oxygen atoms in total. The smallest absolute Gasteiger partial charge is 0.252 e. The first-order chi connectivity index (χ1) is 29.0. The summed E-state index contributed by atoms with van der Waals surface area (Å²) < 4.78 is 0. The molecule has 63 heavy (non-hydrogen) atoms. The van der Waals surface area contributed by atoms with Crippen LogP contribution in [0.2, 0.25) is 0 Å². The standard InChI is InChI=1S/C57H70BN5/c1-52(2,3)36-19-21-46-44(31-36)58-45-32-37(53(4,5)6)20-22-47(45)63(43-29-40(56(13,14)15)26-41(30-43)57(16,17)18)49-24-35(51-60-33-59-34-61-51)23-48(50(49)58)62(46)42-27-38(54(7,8)9)25-39(28-42)55(10,11)12/h19-34H,1-18H3. The van der Waals surface area contributed by atoms with E-state index in [0.29, 0.717) is 5.82 Å². The van der Waals surface area contributed by atoms with Crippen molar-refractivity contribution in [2.45, 2.75) is 157 Å². The molecule has 8 rings (SSSR count). The summed E-state index contributed by atoms with van der Waals surface area (Å²) in [5.41, 5.74) is 19.5. The number of rotatable bonds is 3. The van der Waals surface area contributed by atoms with Crippen molar-refractivity contribution in [3.8, 4) is 11.4 Å². The lowest BCUT2D eigenvalue weighted by atomic mass is 9.33. The number of fused-ring (bicyclic) bond motifs is 4. The Morgan fingerprint density at radius 1 is 0.365 bits per heavy atom. The second kappa shape index (κ2) is 14.7. The minimum absolute atomic E-state index is 0.0368. The maximum Gasteiger partial charge on any atom is 0.252 e. The molecular weight excluding hydrogens is 765 g/mol. The summed E-state index contributed by atoms with van der Waals surface area (Å²) in [5.74, 6) is 0.654. The molecule has 0 spiro atoms. The highest BCUT2D eigenvalue weighted by Crippen LogP contribution is 2.49. The molecule has 0 fully saturated rings. The zero-order chi connectivity index (χ0) is 46.0. The van der Waals surface area contributed by atoms with E-state index in [9.17, 15) is 0 Å². The Kier molecular flexibility index (Phi) is 10.3. The molecule has 0 bridgehead atoms. The number of nitrogens with zero attached hydrogens (tertiary/aromatic N) is 5. The molecule has 326 valence electrons. The van der Waals surface area contributed by atoms with Crippen molar-refractivity contribution in [3.05, 3.63) is 131 Å². The van der Waals surface area contributed by atoms with Gasteiger partial charge in [0.15, 0.2) is 5.82 Å². The van der Waals surface area contributed by atoms with Gasteiger partial charge in [-0.05, 0) is 131 Å². The molecule has 6 aromatic rings. The van der Waals surface area contributed by atoms with E-state index in [1.165, 1.54) is 61.1 Å². The van der Waals surface area contributed by atoms with Crippen molar-refractivity contribution in [1.29, 1.82) is 0 Å². The quantitative estimate of drug-likeness (QED) is 0.166. The van der Waals surface area contributed by atoms with Gasteiger partial charge in [0.25, 0.3) is 6.71 Å². The number of hydrogen-bond donors (Lipinski definition) is 0. The van der Waals surface area contributed by atoms with Crippen LogP contribution < -0.4 is 26.2 Å². The van der Waals surface area contributed by atoms with Gasteiger partial charge in [-0.3, -0.25) is 0 Å². The van der Waals surface area contributed by atoms with Crippen molar-refractivity contribution >= 4 is 57.2 Å². The minimum atomic E-state index is -0.0681. The minimum Gasteiger partial charge on any atom is -0.311 e. The van der Waals surface area contributed by atoms with Gasteiger partial charge in [-0.15, -0.1) is 0 Å². The van der Waals surface area contributed by atoms with Crippen LogP contribution in [0.3, 0.4) is 0 Å². The van der Waals surface area contributed by atoms with Gasteiger partial charge in [0.05, 0.1) is 0 Å². The molecule has 0 atom stereocenters. The van der Waals surface area contributed by atoms with Crippen LogP contribution in [0.5, 0.6) is 0 Å². The Bertz CT molecular complexity index is 2510. The first kappa shape index (κ1) is 44.4. The molecule has 5 aromatic carbocycles. The summed E-state index contributed by atoms with van der Waals surface area (Å²) in [5, 5.41) is 0. The van der Waals surface area contributed by atoms with Gasteiger partial charge in [-0.25, -0.2) is 15.0 Å². The predicted octanol–water partition coefficient (Wildman–Crippen LogP) is 13.4. The van der Waals surface area contributed by atoms with Gasteiger partial charge in [0, 0.05) is 39.7 Å². The van der Waals surface area contributed by atoms with E-state index in [0.717, 1.165) is 28.3 Å². The number of hydrogen-bond acceptors (Lipinski definition) is 5. The van der Waals surface area contributed by atoms with Crippen molar-refractivity contribution in [1.82, 2.24) is 15.0 Å². The molecule has 0 radical (unpaired) electrons. The highest BCUT2D eigenvalue weighted by Gasteiger charge is 2.45. The Labute approximate surface area is 379 Å². The van der Waals surface area contributed by atoms with Crippen molar-refractivity contribution in [3.63, 3.8) is 0 Å². The highest BCUT2D eigenvalue weighted by molar-refractivity contribution is 7.00. The van der Waals surface area contributed by atoms with Crippen molar-refractivity contribution in [2.24, 2.45) is 0 Å². The average Bonchev–Trinajstić information content (AvgIpc) is 3.18. The topological polar surface area (TPSA) is 45.2 Å². The van der Waals surface area contributed by atoms with Gasteiger partial charge >= 0.3 is 0 Å². The molecule has 0 saturated heterocycles. The Balaban J connectivity index is 1.58. The van der Waals surface area contributed by atoms with Crippen molar-refractivity contribution in [2.75, 3.05) is 9.80 Å². The molecule has 1 aromatic heterocycles. The molecule has 3 heterocycles. The predicted molar refractivity (Wildman–Crippen MR) is 271 cm³/mol. The third kappa shape index (κ3) is 8.13. The Morgan fingerprint density at radius 2 is 0.698 bits per heavy atom. The molecule has 0 unspecified atom stereocenters. The molecule has 0 amide bonds. The van der Waals surface area contributed by atoms with Gasteiger partial charge in [-0.2, -0.15) is 0 Å². The Hall–Kier alpha value is -5.23. The van der Waals surface area contributed by atoms with Crippen LogP contribution in [-0.4, -0.2) is 21.7 Å². The summed E-state index contributed by atoms with van der Waals surface area (Å²) in [4.78, 5) is 19.0. The van der Waals surface area contributed by atoms with Crippen LogP contribution in [0.25, 0.3) is 11.4 Å². The highest BCUT2D eigenvalue weighted by atomic mass is 15.2. The summed E-state index contributed by atoms with van der Waals surface area (Å²) in [7, 11) is 0. The normalized spacial score (nSPS) is 14.4. The lowest BCUT2D eigenvalue weighted by Gasteiger charge is -2.45. The summed E-state index contributed by atoms with van der Waals surface area (Å²) in [6.07, 6.45) is 3.23. The third-order valence-electron chi connectivity index (χ3n) is 13.4. The zero-order valence-electron chi connectivity index (χ0n) is 41.6.